The van der Waals surface area contributed by atoms with Gasteiger partial charge >= 0.3 is 0 Å². The van der Waals surface area contributed by atoms with Gasteiger partial charge in [-0.25, -0.2) is 8.78 Å². The summed E-state index contributed by atoms with van der Waals surface area (Å²) in [7, 11) is 0. The van der Waals surface area contributed by atoms with Crippen molar-refractivity contribution in [2.45, 2.75) is 25.6 Å². The molecule has 1 fully saturated rings. The Morgan fingerprint density at radius 1 is 1.62 bits per heavy atom. The van der Waals surface area contributed by atoms with Crippen molar-refractivity contribution >= 4 is 17.2 Å². The van der Waals surface area contributed by atoms with Gasteiger partial charge in [-0.05, 0) is 18.4 Å². The number of alkyl halides is 2. The molecule has 1 aromatic heterocycles. The topological polar surface area (TPSA) is 32.3 Å². The van der Waals surface area contributed by atoms with Crippen LogP contribution in [0.3, 0.4) is 0 Å². The van der Waals surface area contributed by atoms with E-state index >= 15 is 0 Å². The maximum absolute atomic E-state index is 12.4. The molecule has 16 heavy (non-hydrogen) atoms. The number of carbonyl (C=O) groups excluding carboxylic acids is 1. The van der Waals surface area contributed by atoms with Gasteiger partial charge in [-0.1, -0.05) is 6.07 Å². The van der Waals surface area contributed by atoms with Crippen LogP contribution < -0.4 is 5.32 Å². The fraction of sp³-hybridized carbons (Fsp3) is 0.500. The van der Waals surface area contributed by atoms with Gasteiger partial charge in [0, 0.05) is 4.88 Å². The molecular weight excluding hydrogens is 234 g/mol. The van der Waals surface area contributed by atoms with Crippen molar-refractivity contribution in [2.24, 2.45) is 0 Å². The summed E-state index contributed by atoms with van der Waals surface area (Å²) in [6.07, 6.45) is -2.91. The normalized spacial score (nSPS) is 25.8. The molecule has 0 radical (unpaired) electrons. The molecular formula is C10H12F2N2OS. The van der Waals surface area contributed by atoms with Crippen molar-refractivity contribution in [1.82, 2.24) is 10.2 Å². The van der Waals surface area contributed by atoms with E-state index in [1.165, 1.54) is 16.2 Å². The van der Waals surface area contributed by atoms with Gasteiger partial charge in [0.15, 0.2) is 0 Å². The maximum Gasteiger partial charge on any atom is 0.255 e. The molecule has 1 N–H and O–H groups in total. The van der Waals surface area contributed by atoms with E-state index in [2.05, 4.69) is 5.32 Å². The molecule has 0 aliphatic carbocycles. The largest absolute Gasteiger partial charge is 0.315 e. The molecule has 2 rings (SSSR count). The number of hydrogen-bond donors (Lipinski definition) is 1. The van der Waals surface area contributed by atoms with E-state index in [0.29, 0.717) is 0 Å². The first-order chi connectivity index (χ1) is 7.59. The molecule has 0 bridgehead atoms. The van der Waals surface area contributed by atoms with Crippen molar-refractivity contribution in [2.75, 3.05) is 6.54 Å². The number of nitrogens with one attached hydrogen (secondary N) is 1. The van der Waals surface area contributed by atoms with Crippen LogP contribution in [-0.2, 0) is 4.79 Å². The van der Waals surface area contributed by atoms with Crippen molar-refractivity contribution in [3.63, 3.8) is 0 Å². The summed E-state index contributed by atoms with van der Waals surface area (Å²) in [4.78, 5) is 13.8. The fourth-order valence-electron chi connectivity index (χ4n) is 1.80. The predicted molar refractivity (Wildman–Crippen MR) is 57.4 cm³/mol. The summed E-state index contributed by atoms with van der Waals surface area (Å²) in [5.41, 5.74) is 0. The molecule has 0 saturated carbocycles. The zero-order chi connectivity index (χ0) is 11.7. The Balaban J connectivity index is 2.20. The van der Waals surface area contributed by atoms with E-state index in [1.807, 2.05) is 17.5 Å². The molecule has 1 aliphatic heterocycles. The number of rotatable bonds is 3. The lowest BCUT2D eigenvalue weighted by molar-refractivity contribution is -0.131. The number of nitrogens with zero attached hydrogens (tertiary/aromatic N) is 1. The van der Waals surface area contributed by atoms with Crippen LogP contribution in [0.25, 0.3) is 0 Å². The number of halogens is 2. The molecule has 1 amide bonds. The average molecular weight is 246 g/mol. The highest BCUT2D eigenvalue weighted by molar-refractivity contribution is 7.10. The van der Waals surface area contributed by atoms with Crippen LogP contribution in [-0.4, -0.2) is 29.8 Å². The second-order valence-corrected chi connectivity index (χ2v) is 4.67. The molecule has 2 unspecified atom stereocenters. The Labute approximate surface area is 96.1 Å². The number of thiophene rings is 1. The third-order valence-corrected chi connectivity index (χ3v) is 3.45. The van der Waals surface area contributed by atoms with Gasteiger partial charge in [0.25, 0.3) is 6.43 Å². The minimum Gasteiger partial charge on any atom is -0.315 e. The van der Waals surface area contributed by atoms with Gasteiger partial charge in [-0.3, -0.25) is 10.1 Å². The van der Waals surface area contributed by atoms with Gasteiger partial charge in [-0.2, -0.15) is 0 Å². The molecule has 0 aromatic carbocycles. The van der Waals surface area contributed by atoms with Gasteiger partial charge in [0.2, 0.25) is 5.91 Å². The second kappa shape index (κ2) is 4.47. The number of amides is 1. The smallest absolute Gasteiger partial charge is 0.255 e. The number of carbonyl (C=O) groups is 1. The molecule has 88 valence electrons. The highest BCUT2D eigenvalue weighted by atomic mass is 32.1. The van der Waals surface area contributed by atoms with Crippen molar-refractivity contribution < 1.29 is 13.6 Å². The van der Waals surface area contributed by atoms with Crippen LogP contribution >= 0.6 is 11.3 Å². The molecule has 6 heteroatoms. The lowest BCUT2D eigenvalue weighted by Gasteiger charge is -2.22. The third-order valence-electron chi connectivity index (χ3n) is 2.52. The Morgan fingerprint density at radius 2 is 2.38 bits per heavy atom. The Morgan fingerprint density at radius 3 is 2.94 bits per heavy atom. The SMILES string of the molecule is CC1NC(c2cccs2)N(CC(F)F)C1=O. The van der Waals surface area contributed by atoms with E-state index in [-0.39, 0.29) is 5.91 Å². The van der Waals surface area contributed by atoms with E-state index in [1.54, 1.807) is 6.92 Å². The monoisotopic (exact) mass is 246 g/mol. The van der Waals surface area contributed by atoms with Crippen LogP contribution in [0.4, 0.5) is 8.78 Å². The van der Waals surface area contributed by atoms with Crippen LogP contribution in [0.1, 0.15) is 18.0 Å². The quantitative estimate of drug-likeness (QED) is 0.882. The van der Waals surface area contributed by atoms with Crippen LogP contribution in [0, 0.1) is 0 Å². The standard InChI is InChI=1S/C10H12F2N2OS/c1-6-10(15)14(5-8(11)12)9(13-6)7-3-2-4-16-7/h2-4,6,8-9,13H,5H2,1H3. The summed E-state index contributed by atoms with van der Waals surface area (Å²) in [6.45, 7) is 1.17. The molecule has 1 aliphatic rings. The highest BCUT2D eigenvalue weighted by Crippen LogP contribution is 2.28. The average Bonchev–Trinajstić information content (AvgIpc) is 2.81. The summed E-state index contributed by atoms with van der Waals surface area (Å²) in [6, 6.07) is 3.28. The van der Waals surface area contributed by atoms with Crippen molar-refractivity contribution in [1.29, 1.82) is 0 Å². The minimum absolute atomic E-state index is 0.265. The van der Waals surface area contributed by atoms with Gasteiger partial charge in [0.1, 0.15) is 6.17 Å². The fourth-order valence-corrected chi connectivity index (χ4v) is 2.60. The van der Waals surface area contributed by atoms with E-state index in [4.69, 9.17) is 0 Å². The molecule has 3 nitrogen and oxygen atoms in total. The Bertz CT molecular complexity index is 369. The molecule has 2 atom stereocenters. The zero-order valence-corrected chi connectivity index (χ0v) is 9.51. The minimum atomic E-state index is -2.50. The van der Waals surface area contributed by atoms with E-state index in [9.17, 15) is 13.6 Å². The van der Waals surface area contributed by atoms with Gasteiger partial charge in [-0.15, -0.1) is 11.3 Å². The van der Waals surface area contributed by atoms with Gasteiger partial charge in [0.05, 0.1) is 12.6 Å². The molecule has 2 heterocycles. The van der Waals surface area contributed by atoms with E-state index in [0.717, 1.165) is 4.88 Å². The Hall–Kier alpha value is -1.01. The second-order valence-electron chi connectivity index (χ2n) is 3.69. The molecule has 0 spiro atoms. The highest BCUT2D eigenvalue weighted by Gasteiger charge is 2.38. The first-order valence-corrected chi connectivity index (χ1v) is 5.85. The summed E-state index contributed by atoms with van der Waals surface area (Å²) in [5.74, 6) is -0.265. The zero-order valence-electron chi connectivity index (χ0n) is 8.69. The Kier molecular flexibility index (Phi) is 3.20. The lowest BCUT2D eigenvalue weighted by atomic mass is 10.3. The third kappa shape index (κ3) is 2.08. The number of hydrogen-bond acceptors (Lipinski definition) is 3. The first-order valence-electron chi connectivity index (χ1n) is 4.97. The molecule has 1 saturated heterocycles. The summed E-state index contributed by atoms with van der Waals surface area (Å²) in [5, 5.41) is 4.88. The van der Waals surface area contributed by atoms with Crippen molar-refractivity contribution in [3.8, 4) is 0 Å². The van der Waals surface area contributed by atoms with E-state index < -0.39 is 25.2 Å². The first kappa shape index (κ1) is 11.5. The predicted octanol–water partition coefficient (Wildman–Crippen LogP) is 1.83. The van der Waals surface area contributed by atoms with Crippen molar-refractivity contribution in [3.05, 3.63) is 22.4 Å². The van der Waals surface area contributed by atoms with Crippen LogP contribution in [0.15, 0.2) is 17.5 Å². The molecule has 1 aromatic rings. The maximum atomic E-state index is 12.4. The van der Waals surface area contributed by atoms with Gasteiger partial charge < -0.3 is 4.90 Å². The lowest BCUT2D eigenvalue weighted by Crippen LogP contribution is -2.34. The summed E-state index contributed by atoms with van der Waals surface area (Å²) < 4.78 is 24.8. The summed E-state index contributed by atoms with van der Waals surface area (Å²) >= 11 is 1.45. The van der Waals surface area contributed by atoms with Crippen LogP contribution in [0.5, 0.6) is 0 Å². The van der Waals surface area contributed by atoms with Crippen LogP contribution in [0.2, 0.25) is 0 Å².